The third kappa shape index (κ3) is 4.38. The van der Waals surface area contributed by atoms with Crippen molar-refractivity contribution >= 4 is 16.6 Å². The van der Waals surface area contributed by atoms with Crippen LogP contribution in [0.15, 0.2) is 24.3 Å². The van der Waals surface area contributed by atoms with Crippen LogP contribution < -0.4 is 5.32 Å². The van der Waals surface area contributed by atoms with Crippen molar-refractivity contribution in [1.29, 1.82) is 0 Å². The molecular weight excluding hydrogens is 427 g/mol. The normalized spacial score (nSPS) is 21.0. The minimum absolute atomic E-state index is 0.0194. The molecule has 0 atom stereocenters. The highest BCUT2D eigenvalue weighted by Crippen LogP contribution is 2.42. The van der Waals surface area contributed by atoms with Crippen molar-refractivity contribution in [3.63, 3.8) is 0 Å². The van der Waals surface area contributed by atoms with Crippen LogP contribution in [0.2, 0.25) is 0 Å². The predicted octanol–water partition coefficient (Wildman–Crippen LogP) is 5.99. The van der Waals surface area contributed by atoms with E-state index in [-0.39, 0.29) is 17.2 Å². The Morgan fingerprint density at radius 3 is 2.21 bits per heavy atom. The van der Waals surface area contributed by atoms with Gasteiger partial charge in [-0.3, -0.25) is 4.98 Å². The molecule has 1 aromatic heterocycles. The maximum atomic E-state index is 15.0. The van der Waals surface area contributed by atoms with E-state index in [4.69, 9.17) is 0 Å². The average Bonchev–Trinajstić information content (AvgIpc) is 3.62. The molecule has 0 saturated heterocycles. The van der Waals surface area contributed by atoms with Gasteiger partial charge in [-0.05, 0) is 76.4 Å². The highest BCUT2D eigenvalue weighted by molar-refractivity contribution is 5.95. The summed E-state index contributed by atoms with van der Waals surface area (Å²) >= 11 is 0. The molecule has 0 amide bonds. The fourth-order valence-corrected chi connectivity index (χ4v) is 4.76. The van der Waals surface area contributed by atoms with Gasteiger partial charge in [0.25, 0.3) is 0 Å². The lowest BCUT2D eigenvalue weighted by atomic mass is 9.90. The van der Waals surface area contributed by atoms with Crippen molar-refractivity contribution in [2.45, 2.75) is 56.5 Å². The Morgan fingerprint density at radius 2 is 1.61 bits per heavy atom. The highest BCUT2D eigenvalue weighted by atomic mass is 19.1. The summed E-state index contributed by atoms with van der Waals surface area (Å²) in [5, 5.41) is 13.7. The number of phenols is 1. The minimum atomic E-state index is -1.13. The number of halogens is 3. The van der Waals surface area contributed by atoms with Crippen molar-refractivity contribution < 1.29 is 18.3 Å². The molecule has 2 fully saturated rings. The topological polar surface area (TPSA) is 48.4 Å². The molecule has 2 aliphatic rings. The molecule has 33 heavy (non-hydrogen) atoms. The molecule has 0 spiro atoms. The molecule has 2 N–H and O–H groups in total. The standard InChI is InChI=1S/C26H27F3N3O/c1-32(2)17-7-5-16(6-8-17)30-25-13-23(14-3-4-14)31-24-12-20(27)18(11-19(24)25)15-9-21(28)26(33)22(29)10-15/h9-12,14,16-17,33H,3-8H2,1-2H3,(H,30,31)/t16-,17-. The molecule has 2 aliphatic carbocycles. The highest BCUT2D eigenvalue weighted by Gasteiger charge is 2.28. The van der Waals surface area contributed by atoms with Gasteiger partial charge in [0, 0.05) is 41.1 Å². The second-order valence-corrected chi connectivity index (χ2v) is 9.52. The van der Waals surface area contributed by atoms with Crippen LogP contribution in [0.4, 0.5) is 18.9 Å². The van der Waals surface area contributed by atoms with E-state index in [0.717, 1.165) is 62.0 Å². The molecule has 2 saturated carbocycles. The average molecular weight is 455 g/mol. The van der Waals surface area contributed by atoms with Crippen LogP contribution >= 0.6 is 0 Å². The first kappa shape index (κ1) is 22.0. The first-order chi connectivity index (χ1) is 15.8. The number of benzene rings is 2. The first-order valence-corrected chi connectivity index (χ1v) is 11.5. The number of nitrogens with zero attached hydrogens (tertiary/aromatic N) is 2. The largest absolute Gasteiger partial charge is 0.503 e. The van der Waals surface area contributed by atoms with Gasteiger partial charge in [0.2, 0.25) is 0 Å². The SMILES string of the molecule is CN(C)[C@H]1CC[C@H](Nc2[c]c(C3CC3)nc3cc(F)c(-c4cc(F)c(O)c(F)c4)cc23)CC1. The maximum Gasteiger partial charge on any atom is 0.187 e. The van der Waals surface area contributed by atoms with Crippen LogP contribution in [0.25, 0.3) is 22.0 Å². The van der Waals surface area contributed by atoms with Gasteiger partial charge in [-0.1, -0.05) is 0 Å². The lowest BCUT2D eigenvalue weighted by molar-refractivity contribution is 0.221. The monoisotopic (exact) mass is 454 g/mol. The molecule has 7 heteroatoms. The van der Waals surface area contributed by atoms with Crippen LogP contribution in [0.1, 0.15) is 50.1 Å². The number of rotatable bonds is 5. The van der Waals surface area contributed by atoms with Gasteiger partial charge in [-0.2, -0.15) is 0 Å². The van der Waals surface area contributed by atoms with E-state index in [2.05, 4.69) is 35.4 Å². The molecule has 3 aromatic rings. The fraction of sp³-hybridized carbons (Fsp3) is 0.423. The quantitative estimate of drug-likeness (QED) is 0.497. The number of phenolic OH excluding ortho intramolecular Hbond substituents is 1. The summed E-state index contributed by atoms with van der Waals surface area (Å²) in [6.45, 7) is 0. The number of aromatic hydroxyl groups is 1. The van der Waals surface area contributed by atoms with Gasteiger partial charge < -0.3 is 15.3 Å². The van der Waals surface area contributed by atoms with E-state index >= 15 is 4.39 Å². The summed E-state index contributed by atoms with van der Waals surface area (Å²) in [5.41, 5.74) is 2.16. The van der Waals surface area contributed by atoms with Crippen LogP contribution in [-0.4, -0.2) is 41.2 Å². The number of pyridine rings is 1. The van der Waals surface area contributed by atoms with Gasteiger partial charge >= 0.3 is 0 Å². The van der Waals surface area contributed by atoms with Gasteiger partial charge in [0.05, 0.1) is 16.9 Å². The molecule has 0 aliphatic heterocycles. The van der Waals surface area contributed by atoms with Crippen LogP contribution in [-0.2, 0) is 0 Å². The Morgan fingerprint density at radius 1 is 0.939 bits per heavy atom. The Labute approximate surface area is 191 Å². The number of fused-ring (bicyclic) bond motifs is 1. The van der Waals surface area contributed by atoms with Gasteiger partial charge in [-0.15, -0.1) is 0 Å². The lowest BCUT2D eigenvalue weighted by Gasteiger charge is -2.33. The Kier molecular flexibility index (Phi) is 5.69. The third-order valence-corrected chi connectivity index (χ3v) is 6.92. The first-order valence-electron chi connectivity index (χ1n) is 11.5. The Hall–Kier alpha value is -2.80. The lowest BCUT2D eigenvalue weighted by Crippen LogP contribution is -2.36. The minimum Gasteiger partial charge on any atom is -0.503 e. The van der Waals surface area contributed by atoms with Crippen molar-refractivity contribution in [2.24, 2.45) is 0 Å². The smallest absolute Gasteiger partial charge is 0.187 e. The predicted molar refractivity (Wildman–Crippen MR) is 123 cm³/mol. The zero-order valence-electron chi connectivity index (χ0n) is 18.8. The van der Waals surface area contributed by atoms with E-state index in [9.17, 15) is 13.9 Å². The summed E-state index contributed by atoms with van der Waals surface area (Å²) in [7, 11) is 4.21. The maximum absolute atomic E-state index is 15.0. The van der Waals surface area contributed by atoms with Crippen LogP contribution in [0.3, 0.4) is 0 Å². The van der Waals surface area contributed by atoms with E-state index in [1.165, 1.54) is 6.07 Å². The summed E-state index contributed by atoms with van der Waals surface area (Å²) in [4.78, 5) is 6.90. The molecule has 5 rings (SSSR count). The molecule has 0 bridgehead atoms. The van der Waals surface area contributed by atoms with E-state index in [1.54, 1.807) is 6.07 Å². The molecular formula is C26H27F3N3O. The zero-order chi connectivity index (χ0) is 23.3. The van der Waals surface area contributed by atoms with Crippen molar-refractivity contribution in [3.8, 4) is 16.9 Å². The number of hydrogen-bond acceptors (Lipinski definition) is 4. The number of aromatic nitrogens is 1. The van der Waals surface area contributed by atoms with Crippen molar-refractivity contribution in [2.75, 3.05) is 19.4 Å². The molecule has 0 unspecified atom stereocenters. The zero-order valence-corrected chi connectivity index (χ0v) is 18.8. The number of anilines is 1. The molecule has 1 radical (unpaired) electrons. The summed E-state index contributed by atoms with van der Waals surface area (Å²) < 4.78 is 42.9. The molecule has 2 aromatic carbocycles. The third-order valence-electron chi connectivity index (χ3n) is 6.92. The molecule has 4 nitrogen and oxygen atoms in total. The number of nitrogens with one attached hydrogen (secondary N) is 1. The summed E-state index contributed by atoms with van der Waals surface area (Å²) in [6.07, 6.45) is 6.32. The van der Waals surface area contributed by atoms with Gasteiger partial charge in [0.15, 0.2) is 17.4 Å². The number of hydrogen-bond donors (Lipinski definition) is 2. The Balaban J connectivity index is 1.55. The second-order valence-electron chi connectivity index (χ2n) is 9.52. The Bertz CT molecular complexity index is 1180. The van der Waals surface area contributed by atoms with E-state index in [0.29, 0.717) is 22.9 Å². The molecule has 173 valence electrons. The van der Waals surface area contributed by atoms with E-state index in [1.807, 2.05) is 0 Å². The summed E-state index contributed by atoms with van der Waals surface area (Å²) in [5.74, 6) is -3.60. The summed E-state index contributed by atoms with van der Waals surface area (Å²) in [6, 6.07) is 9.03. The van der Waals surface area contributed by atoms with Crippen LogP contribution in [0, 0.1) is 23.5 Å². The van der Waals surface area contributed by atoms with E-state index < -0.39 is 23.2 Å². The van der Waals surface area contributed by atoms with Crippen molar-refractivity contribution in [1.82, 2.24) is 9.88 Å². The van der Waals surface area contributed by atoms with Crippen LogP contribution in [0.5, 0.6) is 5.75 Å². The second kappa shape index (κ2) is 8.52. The van der Waals surface area contributed by atoms with Gasteiger partial charge in [0.1, 0.15) is 5.82 Å². The fourth-order valence-electron chi connectivity index (χ4n) is 4.76. The molecule has 1 heterocycles. The van der Waals surface area contributed by atoms with Crippen molar-refractivity contribution in [3.05, 3.63) is 53.5 Å². The van der Waals surface area contributed by atoms with Gasteiger partial charge in [-0.25, -0.2) is 13.2 Å².